The van der Waals surface area contributed by atoms with E-state index < -0.39 is 70.6 Å². The van der Waals surface area contributed by atoms with Crippen molar-refractivity contribution in [2.45, 2.75) is 37.6 Å². The number of fused-ring (bicyclic) bond motifs is 1. The Morgan fingerprint density at radius 3 is 2.38 bits per heavy atom. The second-order valence-electron chi connectivity index (χ2n) is 7.40. The van der Waals surface area contributed by atoms with E-state index in [0.717, 1.165) is 12.1 Å². The molecule has 3 aromatic rings. The first-order valence-corrected chi connectivity index (χ1v) is 9.50. The second kappa shape index (κ2) is 7.88. The van der Waals surface area contributed by atoms with Crippen LogP contribution in [0.25, 0.3) is 22.3 Å². The highest BCUT2D eigenvalue weighted by molar-refractivity contribution is 5.89. The fourth-order valence-electron chi connectivity index (χ4n) is 3.49. The lowest BCUT2D eigenvalue weighted by Crippen LogP contribution is -2.58. The van der Waals surface area contributed by atoms with Gasteiger partial charge in [-0.3, -0.25) is 4.79 Å². The summed E-state index contributed by atoms with van der Waals surface area (Å²) in [5.74, 6) is -3.26. The number of hydrogen-bond donors (Lipinski definition) is 7. The molecule has 2 heterocycles. The molecule has 1 aromatic heterocycles. The summed E-state index contributed by atoms with van der Waals surface area (Å²) in [5, 5.41) is 69.9. The number of ether oxygens (including phenoxy) is 2. The summed E-state index contributed by atoms with van der Waals surface area (Å²) in [7, 11) is 0. The zero-order valence-electron chi connectivity index (χ0n) is 16.5. The summed E-state index contributed by atoms with van der Waals surface area (Å²) in [5.41, 5.74) is -1.39. The minimum atomic E-state index is -1.77. The Hall–Kier alpha value is -3.51. The smallest absolute Gasteiger partial charge is 0.239 e. The van der Waals surface area contributed by atoms with Crippen LogP contribution in [0.15, 0.2) is 39.5 Å². The highest BCUT2D eigenvalue weighted by Crippen LogP contribution is 2.42. The van der Waals surface area contributed by atoms with Crippen LogP contribution in [0.4, 0.5) is 0 Å². The van der Waals surface area contributed by atoms with Gasteiger partial charge in [0.25, 0.3) is 0 Å². The van der Waals surface area contributed by atoms with E-state index in [9.17, 15) is 40.5 Å². The van der Waals surface area contributed by atoms with Crippen LogP contribution in [-0.4, -0.2) is 66.5 Å². The van der Waals surface area contributed by atoms with Gasteiger partial charge in [0.1, 0.15) is 40.8 Å². The zero-order valence-corrected chi connectivity index (χ0v) is 16.5. The predicted molar refractivity (Wildman–Crippen MR) is 108 cm³/mol. The number of aliphatic hydroxyl groups excluding tert-OH is 3. The van der Waals surface area contributed by atoms with E-state index in [1.807, 2.05) is 0 Å². The molecule has 0 aliphatic carbocycles. The van der Waals surface area contributed by atoms with Crippen molar-refractivity contribution in [3.8, 4) is 40.1 Å². The summed E-state index contributed by atoms with van der Waals surface area (Å²) in [6, 6.07) is 5.80. The Bertz CT molecular complexity index is 1230. The summed E-state index contributed by atoms with van der Waals surface area (Å²) in [6.07, 6.45) is -7.45. The maximum atomic E-state index is 13.2. The number of benzene rings is 2. The molecule has 0 radical (unpaired) electrons. The number of phenols is 4. The maximum Gasteiger partial charge on any atom is 0.239 e. The third kappa shape index (κ3) is 3.46. The van der Waals surface area contributed by atoms with Crippen molar-refractivity contribution in [3.63, 3.8) is 0 Å². The molecule has 7 N–H and O–H groups in total. The lowest BCUT2D eigenvalue weighted by Gasteiger charge is -2.38. The number of rotatable bonds is 3. The van der Waals surface area contributed by atoms with E-state index in [1.165, 1.54) is 25.1 Å². The molecule has 170 valence electrons. The van der Waals surface area contributed by atoms with E-state index in [2.05, 4.69) is 0 Å². The summed E-state index contributed by atoms with van der Waals surface area (Å²) >= 11 is 0. The van der Waals surface area contributed by atoms with Gasteiger partial charge in [-0.05, 0) is 19.1 Å². The predicted octanol–water partition coefficient (Wildman–Crippen LogP) is 0.489. The highest BCUT2D eigenvalue weighted by Gasteiger charge is 2.44. The van der Waals surface area contributed by atoms with Gasteiger partial charge in [0.2, 0.25) is 17.5 Å². The van der Waals surface area contributed by atoms with E-state index in [0.29, 0.717) is 0 Å². The summed E-state index contributed by atoms with van der Waals surface area (Å²) in [6.45, 7) is 1.41. The molecular formula is C21H20O11. The van der Waals surface area contributed by atoms with Crippen LogP contribution < -0.4 is 10.2 Å². The van der Waals surface area contributed by atoms with Crippen LogP contribution in [0.3, 0.4) is 0 Å². The summed E-state index contributed by atoms with van der Waals surface area (Å²) < 4.78 is 16.6. The maximum absolute atomic E-state index is 13.2. The Morgan fingerprint density at radius 1 is 0.938 bits per heavy atom. The number of para-hydroxylation sites is 1. The Kier molecular flexibility index (Phi) is 5.34. The average Bonchev–Trinajstić information content (AvgIpc) is 2.73. The minimum Gasteiger partial charge on any atom is -0.508 e. The van der Waals surface area contributed by atoms with Crippen LogP contribution in [0.1, 0.15) is 6.92 Å². The fourth-order valence-corrected chi connectivity index (χ4v) is 3.49. The lowest BCUT2D eigenvalue weighted by molar-refractivity contribution is -0.268. The molecule has 32 heavy (non-hydrogen) atoms. The van der Waals surface area contributed by atoms with Crippen molar-refractivity contribution in [1.29, 1.82) is 0 Å². The topological polar surface area (TPSA) is 190 Å². The van der Waals surface area contributed by atoms with Gasteiger partial charge < -0.3 is 49.6 Å². The lowest BCUT2D eigenvalue weighted by atomic mass is 10.00. The molecular weight excluding hydrogens is 428 g/mol. The van der Waals surface area contributed by atoms with Crippen molar-refractivity contribution in [2.75, 3.05) is 0 Å². The Morgan fingerprint density at radius 2 is 1.66 bits per heavy atom. The summed E-state index contributed by atoms with van der Waals surface area (Å²) in [4.78, 5) is 13.2. The number of hydrogen-bond acceptors (Lipinski definition) is 11. The third-order valence-electron chi connectivity index (χ3n) is 5.22. The average molecular weight is 448 g/mol. The van der Waals surface area contributed by atoms with Crippen LogP contribution in [-0.2, 0) is 4.74 Å². The molecule has 5 unspecified atom stereocenters. The molecule has 0 amide bonds. The molecule has 11 nitrogen and oxygen atoms in total. The second-order valence-corrected chi connectivity index (χ2v) is 7.40. The van der Waals surface area contributed by atoms with E-state index >= 15 is 0 Å². The van der Waals surface area contributed by atoms with Crippen molar-refractivity contribution in [1.82, 2.24) is 0 Å². The van der Waals surface area contributed by atoms with Gasteiger partial charge in [0, 0.05) is 12.1 Å². The number of phenolic OH excluding ortho intramolecular Hbond substituents is 4. The van der Waals surface area contributed by atoms with Crippen molar-refractivity contribution >= 4 is 11.0 Å². The molecule has 0 spiro atoms. The fraction of sp³-hybridized carbons (Fsp3) is 0.286. The van der Waals surface area contributed by atoms with Crippen molar-refractivity contribution in [3.05, 3.63) is 40.6 Å². The molecule has 11 heteroatoms. The normalized spacial score (nSPS) is 25.7. The van der Waals surface area contributed by atoms with Gasteiger partial charge in [0.05, 0.1) is 11.7 Å². The minimum absolute atomic E-state index is 0.180. The van der Waals surface area contributed by atoms with Crippen molar-refractivity contribution < 1.29 is 49.6 Å². The first-order chi connectivity index (χ1) is 15.1. The van der Waals surface area contributed by atoms with Crippen LogP contribution >= 0.6 is 0 Å². The largest absolute Gasteiger partial charge is 0.508 e. The van der Waals surface area contributed by atoms with E-state index in [4.69, 9.17) is 13.9 Å². The van der Waals surface area contributed by atoms with Gasteiger partial charge >= 0.3 is 0 Å². The quantitative estimate of drug-likeness (QED) is 0.276. The molecule has 1 aliphatic rings. The van der Waals surface area contributed by atoms with Crippen LogP contribution in [0, 0.1) is 0 Å². The molecule has 1 saturated heterocycles. The monoisotopic (exact) mass is 448 g/mol. The number of aromatic hydroxyl groups is 4. The van der Waals surface area contributed by atoms with E-state index in [-0.39, 0.29) is 16.5 Å². The third-order valence-corrected chi connectivity index (χ3v) is 5.22. The van der Waals surface area contributed by atoms with Gasteiger partial charge in [-0.1, -0.05) is 6.07 Å². The molecule has 1 fully saturated rings. The molecule has 0 saturated carbocycles. The molecule has 2 aromatic carbocycles. The van der Waals surface area contributed by atoms with Gasteiger partial charge in [-0.2, -0.15) is 0 Å². The zero-order chi connectivity index (χ0) is 23.3. The molecule has 1 aliphatic heterocycles. The van der Waals surface area contributed by atoms with E-state index in [1.54, 1.807) is 0 Å². The van der Waals surface area contributed by atoms with Crippen LogP contribution in [0.2, 0.25) is 0 Å². The molecule has 5 atom stereocenters. The number of aliphatic hydroxyl groups is 3. The molecule has 0 bridgehead atoms. The van der Waals surface area contributed by atoms with Crippen molar-refractivity contribution in [2.24, 2.45) is 0 Å². The van der Waals surface area contributed by atoms with Crippen LogP contribution in [0.5, 0.6) is 28.7 Å². The standard InChI is InChI=1S/C21H20O11/c1-7-14(25)17(28)18(29)21(30-7)32-20-16(27)13-11(24)5-8(22)6-12(13)31-19(20)9-3-2-4-10(23)15(9)26/h2-7,14,17-18,21-26,28-29H,1H3. The first-order valence-electron chi connectivity index (χ1n) is 9.50. The highest BCUT2D eigenvalue weighted by atomic mass is 16.7. The Balaban J connectivity index is 1.95. The van der Waals surface area contributed by atoms with Gasteiger partial charge in [-0.25, -0.2) is 0 Å². The Labute approximate surface area is 179 Å². The van der Waals surface area contributed by atoms with Gasteiger partial charge in [0.15, 0.2) is 17.3 Å². The molecule has 4 rings (SSSR count). The first kappa shape index (κ1) is 21.7. The SMILES string of the molecule is CC1OC(Oc2c(-c3cccc(O)c3O)oc3cc(O)cc(O)c3c2=O)C(O)C(O)C1O. The van der Waals surface area contributed by atoms with Gasteiger partial charge in [-0.15, -0.1) is 0 Å².